The highest BCUT2D eigenvalue weighted by molar-refractivity contribution is 7.79. The number of phenols is 1. The molecule has 0 aliphatic rings. The summed E-state index contributed by atoms with van der Waals surface area (Å²) in [6, 6.07) is 16.3. The van der Waals surface area contributed by atoms with Crippen molar-refractivity contribution in [1.29, 1.82) is 0 Å². The third kappa shape index (κ3) is 7.56. The highest BCUT2D eigenvalue weighted by atomic mass is 32.1. The zero-order valence-electron chi connectivity index (χ0n) is 17.1. The Hall–Kier alpha value is -3.72. The van der Waals surface area contributed by atoms with Crippen LogP contribution in [0.25, 0.3) is 0 Å². The summed E-state index contributed by atoms with van der Waals surface area (Å²) in [6.07, 6.45) is 3.20. The first kappa shape index (κ1) is 23.6. The van der Waals surface area contributed by atoms with Crippen LogP contribution in [0.3, 0.4) is 0 Å². The summed E-state index contributed by atoms with van der Waals surface area (Å²) in [7, 11) is 1.54. The van der Waals surface area contributed by atoms with Gasteiger partial charge in [-0.3, -0.25) is 9.78 Å². The Balaban J connectivity index is 0.00000166. The molecule has 0 aliphatic carbocycles. The van der Waals surface area contributed by atoms with Gasteiger partial charge in [0.05, 0.1) is 0 Å². The molecule has 4 N–H and O–H groups in total. The van der Waals surface area contributed by atoms with Gasteiger partial charge < -0.3 is 25.8 Å². The Labute approximate surface area is 186 Å². The standard InChI is InChI=1S/C21H20N4O4.CH4S/c1-22-20(27)19-12-18(9-10-23-19)29-17-7-5-14(6-8-17)13-24-21(28)25-15-3-2-4-16(26)11-15;1-2/h2-12,26H,13H2,1H3,(H,22,27)(H2,24,25,28);2H,1H3. The van der Waals surface area contributed by atoms with Crippen LogP contribution in [0, 0.1) is 0 Å². The molecule has 31 heavy (non-hydrogen) atoms. The third-order valence-corrected chi connectivity index (χ3v) is 3.91. The van der Waals surface area contributed by atoms with Gasteiger partial charge in [-0.15, -0.1) is 0 Å². The Morgan fingerprint density at radius 2 is 1.77 bits per heavy atom. The van der Waals surface area contributed by atoms with Crippen LogP contribution in [0.2, 0.25) is 0 Å². The highest BCUT2D eigenvalue weighted by Gasteiger charge is 2.07. The van der Waals surface area contributed by atoms with E-state index in [4.69, 9.17) is 4.74 Å². The molecular formula is C22H24N4O4S. The predicted octanol–water partition coefficient (Wildman–Crippen LogP) is 3.81. The van der Waals surface area contributed by atoms with Crippen molar-refractivity contribution in [2.45, 2.75) is 6.54 Å². The summed E-state index contributed by atoms with van der Waals surface area (Å²) in [4.78, 5) is 27.6. The van der Waals surface area contributed by atoms with E-state index in [9.17, 15) is 14.7 Å². The van der Waals surface area contributed by atoms with Crippen molar-refractivity contribution < 1.29 is 19.4 Å². The number of amides is 3. The number of rotatable bonds is 6. The van der Waals surface area contributed by atoms with Crippen molar-refractivity contribution in [2.24, 2.45) is 0 Å². The molecule has 0 spiro atoms. The first-order valence-electron chi connectivity index (χ1n) is 9.27. The van der Waals surface area contributed by atoms with Gasteiger partial charge in [-0.25, -0.2) is 4.79 Å². The van der Waals surface area contributed by atoms with E-state index in [1.807, 2.05) is 12.1 Å². The first-order valence-corrected chi connectivity index (χ1v) is 10.2. The minimum absolute atomic E-state index is 0.0787. The lowest BCUT2D eigenvalue weighted by Gasteiger charge is -2.10. The molecule has 162 valence electrons. The summed E-state index contributed by atoms with van der Waals surface area (Å²) < 4.78 is 5.74. The molecule has 3 aromatic rings. The summed E-state index contributed by atoms with van der Waals surface area (Å²) in [5.74, 6) is 0.873. The first-order chi connectivity index (χ1) is 15.0. The normalized spacial score (nSPS) is 9.65. The van der Waals surface area contributed by atoms with Crippen molar-refractivity contribution in [3.63, 3.8) is 0 Å². The molecule has 8 nitrogen and oxygen atoms in total. The zero-order valence-corrected chi connectivity index (χ0v) is 18.0. The average molecular weight is 441 g/mol. The van der Waals surface area contributed by atoms with Crippen LogP contribution >= 0.6 is 12.6 Å². The second kappa shape index (κ2) is 12.1. The van der Waals surface area contributed by atoms with E-state index < -0.39 is 0 Å². The van der Waals surface area contributed by atoms with E-state index in [1.165, 1.54) is 25.4 Å². The largest absolute Gasteiger partial charge is 0.508 e. The Morgan fingerprint density at radius 3 is 2.45 bits per heavy atom. The number of aromatic hydroxyl groups is 1. The Bertz CT molecular complexity index is 1010. The van der Waals surface area contributed by atoms with E-state index in [0.29, 0.717) is 23.7 Å². The maximum Gasteiger partial charge on any atom is 0.319 e. The van der Waals surface area contributed by atoms with Gasteiger partial charge in [0.1, 0.15) is 22.9 Å². The number of thiol groups is 1. The molecule has 0 unspecified atom stereocenters. The fourth-order valence-electron chi connectivity index (χ4n) is 2.48. The Morgan fingerprint density at radius 1 is 1.03 bits per heavy atom. The number of pyridine rings is 1. The summed E-state index contributed by atoms with van der Waals surface area (Å²) in [5.41, 5.74) is 1.65. The number of anilines is 1. The zero-order chi connectivity index (χ0) is 22.6. The van der Waals surface area contributed by atoms with Gasteiger partial charge in [-0.2, -0.15) is 12.6 Å². The molecule has 3 amide bonds. The molecule has 1 aromatic heterocycles. The maximum absolute atomic E-state index is 11.9. The number of benzene rings is 2. The SMILES string of the molecule is CNC(=O)c1cc(Oc2ccc(CNC(=O)Nc3cccc(O)c3)cc2)ccn1.CS. The van der Waals surface area contributed by atoms with E-state index in [1.54, 1.807) is 42.7 Å². The molecule has 0 aliphatic heterocycles. The highest BCUT2D eigenvalue weighted by Crippen LogP contribution is 2.22. The predicted molar refractivity (Wildman–Crippen MR) is 123 cm³/mol. The van der Waals surface area contributed by atoms with Gasteiger partial charge >= 0.3 is 6.03 Å². The molecule has 1 heterocycles. The lowest BCUT2D eigenvalue weighted by molar-refractivity contribution is 0.0958. The molecule has 0 saturated carbocycles. The number of nitrogens with one attached hydrogen (secondary N) is 3. The summed E-state index contributed by atoms with van der Waals surface area (Å²) in [5, 5.41) is 17.3. The van der Waals surface area contributed by atoms with Gasteiger partial charge in [0.2, 0.25) is 0 Å². The van der Waals surface area contributed by atoms with E-state index in [2.05, 4.69) is 33.6 Å². The number of hydrogen-bond acceptors (Lipinski definition) is 6. The van der Waals surface area contributed by atoms with Crippen LogP contribution in [0.1, 0.15) is 16.1 Å². The molecule has 0 saturated heterocycles. The van der Waals surface area contributed by atoms with E-state index in [0.717, 1.165) is 5.56 Å². The van der Waals surface area contributed by atoms with Gasteiger partial charge in [0, 0.05) is 37.6 Å². The van der Waals surface area contributed by atoms with Gasteiger partial charge in [0.15, 0.2) is 0 Å². The number of urea groups is 1. The summed E-state index contributed by atoms with van der Waals surface area (Å²) >= 11 is 3.53. The molecule has 2 aromatic carbocycles. The smallest absolute Gasteiger partial charge is 0.319 e. The van der Waals surface area contributed by atoms with Crippen LogP contribution in [0.4, 0.5) is 10.5 Å². The molecule has 0 atom stereocenters. The molecule has 0 bridgehead atoms. The number of carbonyl (C=O) groups excluding carboxylic acids is 2. The summed E-state index contributed by atoms with van der Waals surface area (Å²) in [6.45, 7) is 0.320. The van der Waals surface area contributed by atoms with Crippen molar-refractivity contribution in [1.82, 2.24) is 15.6 Å². The van der Waals surface area contributed by atoms with Gasteiger partial charge in [-0.05, 0) is 42.2 Å². The topological polar surface area (TPSA) is 113 Å². The van der Waals surface area contributed by atoms with Crippen LogP contribution < -0.4 is 20.7 Å². The molecule has 9 heteroatoms. The van der Waals surface area contributed by atoms with Crippen LogP contribution in [0.15, 0.2) is 66.9 Å². The van der Waals surface area contributed by atoms with E-state index >= 15 is 0 Å². The minimum Gasteiger partial charge on any atom is -0.508 e. The van der Waals surface area contributed by atoms with E-state index in [-0.39, 0.29) is 23.4 Å². The number of nitrogens with zero attached hydrogens (tertiary/aromatic N) is 1. The fraction of sp³-hybridized carbons (Fsp3) is 0.136. The van der Waals surface area contributed by atoms with Crippen molar-refractivity contribution in [2.75, 3.05) is 18.6 Å². The number of carbonyl (C=O) groups is 2. The second-order valence-corrected chi connectivity index (χ2v) is 6.06. The van der Waals surface area contributed by atoms with Crippen LogP contribution in [0.5, 0.6) is 17.2 Å². The average Bonchev–Trinajstić information content (AvgIpc) is 2.79. The number of phenolic OH excluding ortho intramolecular Hbond substituents is 1. The van der Waals surface area contributed by atoms with Crippen molar-refractivity contribution in [3.05, 3.63) is 78.1 Å². The van der Waals surface area contributed by atoms with Gasteiger partial charge in [-0.1, -0.05) is 18.2 Å². The molecule has 0 fully saturated rings. The lowest BCUT2D eigenvalue weighted by Crippen LogP contribution is -2.28. The molecule has 3 rings (SSSR count). The number of ether oxygens (including phenoxy) is 1. The molecule has 0 radical (unpaired) electrons. The number of hydrogen-bond donors (Lipinski definition) is 5. The third-order valence-electron chi connectivity index (χ3n) is 3.91. The van der Waals surface area contributed by atoms with Crippen LogP contribution in [-0.4, -0.2) is 35.3 Å². The monoisotopic (exact) mass is 440 g/mol. The Kier molecular flexibility index (Phi) is 9.18. The molecular weight excluding hydrogens is 416 g/mol. The minimum atomic E-state index is -0.380. The fourth-order valence-corrected chi connectivity index (χ4v) is 2.48. The maximum atomic E-state index is 11.9. The number of aromatic nitrogens is 1. The quantitative estimate of drug-likeness (QED) is 0.374. The van der Waals surface area contributed by atoms with Crippen LogP contribution in [-0.2, 0) is 6.54 Å². The lowest BCUT2D eigenvalue weighted by atomic mass is 10.2. The van der Waals surface area contributed by atoms with Crippen molar-refractivity contribution >= 4 is 30.3 Å². The van der Waals surface area contributed by atoms with Gasteiger partial charge in [0.25, 0.3) is 5.91 Å². The van der Waals surface area contributed by atoms with Crippen molar-refractivity contribution in [3.8, 4) is 17.2 Å². The second-order valence-electron chi connectivity index (χ2n) is 6.06.